The molecule has 0 aromatic heterocycles. The molecule has 1 fully saturated rings. The summed E-state index contributed by atoms with van der Waals surface area (Å²) in [6.07, 6.45) is 0.897. The van der Waals surface area contributed by atoms with Gasteiger partial charge in [-0.05, 0) is 64.7 Å². The summed E-state index contributed by atoms with van der Waals surface area (Å²) in [4.78, 5) is 0. The maximum absolute atomic E-state index is 11.5. The van der Waals surface area contributed by atoms with Gasteiger partial charge in [-0.25, -0.2) is 0 Å². The molecular weight excluding hydrogens is 579 g/mol. The molecule has 2 atom stereocenters. The highest BCUT2D eigenvalue weighted by atomic mass is 31.1. The quantitative estimate of drug-likeness (QED) is 0.167. The largest absolute Gasteiger partial charge is 0.496 e. The molecule has 0 saturated carbocycles. The number of methoxy groups -OCH3 is 4. The SMILES string of the molecule is COc1cccc(OC)c1-c1cccc(-c2c(OC)cccc2OC)c1P1C(c2ccccc2)CC(O)CC1c1ccccc1. The summed E-state index contributed by atoms with van der Waals surface area (Å²) in [6.45, 7) is 0. The third-order valence-electron chi connectivity index (χ3n) is 8.72. The van der Waals surface area contributed by atoms with Crippen LogP contribution in [-0.2, 0) is 0 Å². The average molecular weight is 619 g/mol. The number of rotatable bonds is 9. The lowest BCUT2D eigenvalue weighted by molar-refractivity contribution is 0.146. The van der Waals surface area contributed by atoms with Crippen molar-refractivity contribution in [3.63, 3.8) is 0 Å². The zero-order valence-electron chi connectivity index (χ0n) is 26.1. The topological polar surface area (TPSA) is 57.2 Å². The van der Waals surface area contributed by atoms with Crippen molar-refractivity contribution in [2.75, 3.05) is 28.4 Å². The fraction of sp³-hybridized carbons (Fsp3) is 0.231. The van der Waals surface area contributed by atoms with Gasteiger partial charge in [0, 0.05) is 11.3 Å². The minimum absolute atomic E-state index is 0.0801. The van der Waals surface area contributed by atoms with Crippen molar-refractivity contribution in [3.05, 3.63) is 126 Å². The first kappa shape index (κ1) is 30.7. The maximum Gasteiger partial charge on any atom is 0.130 e. The third kappa shape index (κ3) is 5.91. The summed E-state index contributed by atoms with van der Waals surface area (Å²) >= 11 is 0. The lowest BCUT2D eigenvalue weighted by atomic mass is 9.96. The minimum Gasteiger partial charge on any atom is -0.496 e. The molecule has 1 N–H and O–H groups in total. The molecule has 1 aliphatic rings. The molecule has 5 nitrogen and oxygen atoms in total. The van der Waals surface area contributed by atoms with Crippen LogP contribution in [0.1, 0.15) is 35.3 Å². The highest BCUT2D eigenvalue weighted by Crippen LogP contribution is 2.69. The molecule has 1 heterocycles. The molecule has 6 heteroatoms. The Morgan fingerprint density at radius 3 is 1.20 bits per heavy atom. The van der Waals surface area contributed by atoms with Gasteiger partial charge in [-0.15, -0.1) is 0 Å². The van der Waals surface area contributed by atoms with Crippen LogP contribution < -0.4 is 24.3 Å². The van der Waals surface area contributed by atoms with E-state index in [4.69, 9.17) is 18.9 Å². The van der Waals surface area contributed by atoms with Crippen LogP contribution in [0.3, 0.4) is 0 Å². The Balaban J connectivity index is 1.76. The van der Waals surface area contributed by atoms with E-state index >= 15 is 0 Å². The highest BCUT2D eigenvalue weighted by molar-refractivity contribution is 7.67. The third-order valence-corrected chi connectivity index (χ3v) is 12.1. The van der Waals surface area contributed by atoms with Gasteiger partial charge in [-0.3, -0.25) is 0 Å². The zero-order valence-corrected chi connectivity index (χ0v) is 27.0. The number of ether oxygens (including phenoxy) is 4. The Hall–Kier alpha value is -4.31. The Labute approximate surface area is 267 Å². The van der Waals surface area contributed by atoms with Crippen LogP contribution >= 0.6 is 7.92 Å². The second-order valence-electron chi connectivity index (χ2n) is 11.2. The van der Waals surface area contributed by atoms with Gasteiger partial charge in [0.2, 0.25) is 0 Å². The van der Waals surface area contributed by atoms with E-state index in [-0.39, 0.29) is 11.3 Å². The van der Waals surface area contributed by atoms with Crippen LogP contribution in [0.15, 0.2) is 115 Å². The lowest BCUT2D eigenvalue weighted by Crippen LogP contribution is -2.28. The maximum atomic E-state index is 11.5. The summed E-state index contributed by atoms with van der Waals surface area (Å²) in [5.74, 6) is 2.94. The molecule has 5 aromatic carbocycles. The molecule has 230 valence electrons. The Kier molecular flexibility index (Phi) is 9.39. The smallest absolute Gasteiger partial charge is 0.130 e. The number of benzene rings is 5. The number of hydrogen-bond donors (Lipinski definition) is 1. The van der Waals surface area contributed by atoms with Gasteiger partial charge in [0.05, 0.1) is 45.7 Å². The van der Waals surface area contributed by atoms with Gasteiger partial charge in [-0.1, -0.05) is 98.9 Å². The first-order valence-electron chi connectivity index (χ1n) is 15.2. The number of hydrogen-bond acceptors (Lipinski definition) is 5. The first-order chi connectivity index (χ1) is 22.1. The van der Waals surface area contributed by atoms with Gasteiger partial charge in [0.15, 0.2) is 0 Å². The van der Waals surface area contributed by atoms with Gasteiger partial charge in [-0.2, -0.15) is 0 Å². The van der Waals surface area contributed by atoms with Crippen LogP contribution in [0.5, 0.6) is 23.0 Å². The van der Waals surface area contributed by atoms with Crippen molar-refractivity contribution in [1.29, 1.82) is 0 Å². The Bertz CT molecular complexity index is 1570. The Morgan fingerprint density at radius 1 is 0.489 bits per heavy atom. The van der Waals surface area contributed by atoms with E-state index < -0.39 is 14.0 Å². The van der Waals surface area contributed by atoms with E-state index in [1.165, 1.54) is 16.4 Å². The summed E-state index contributed by atoms with van der Waals surface area (Å²) in [5.41, 5.74) is 6.50. The average Bonchev–Trinajstić information content (AvgIpc) is 3.11. The zero-order chi connectivity index (χ0) is 31.3. The summed E-state index contributed by atoms with van der Waals surface area (Å²) in [6, 6.07) is 39.6. The summed E-state index contributed by atoms with van der Waals surface area (Å²) in [7, 11) is 5.79. The number of aliphatic hydroxyl groups excluding tert-OH is 1. The van der Waals surface area contributed by atoms with E-state index in [9.17, 15) is 5.11 Å². The monoisotopic (exact) mass is 618 g/mol. The van der Waals surface area contributed by atoms with E-state index in [1.54, 1.807) is 28.4 Å². The molecule has 1 saturated heterocycles. The minimum atomic E-state index is -1.01. The molecule has 1 aliphatic heterocycles. The molecule has 45 heavy (non-hydrogen) atoms. The molecule has 2 unspecified atom stereocenters. The van der Waals surface area contributed by atoms with E-state index in [0.29, 0.717) is 12.8 Å². The van der Waals surface area contributed by atoms with Crippen LogP contribution in [0, 0.1) is 0 Å². The van der Waals surface area contributed by atoms with Crippen LogP contribution in [0.4, 0.5) is 0 Å². The molecule has 6 rings (SSSR count). The predicted octanol–water partition coefficient (Wildman–Crippen LogP) is 8.80. The fourth-order valence-corrected chi connectivity index (χ4v) is 10.7. The molecule has 0 bridgehead atoms. The van der Waals surface area contributed by atoms with E-state index in [2.05, 4.69) is 78.9 Å². The summed E-state index contributed by atoms with van der Waals surface area (Å²) < 4.78 is 24.0. The molecule has 5 aromatic rings. The van der Waals surface area contributed by atoms with Crippen molar-refractivity contribution in [1.82, 2.24) is 0 Å². The van der Waals surface area contributed by atoms with Crippen molar-refractivity contribution in [2.24, 2.45) is 0 Å². The molecule has 0 amide bonds. The first-order valence-corrected chi connectivity index (χ1v) is 16.7. The van der Waals surface area contributed by atoms with Crippen molar-refractivity contribution >= 4 is 13.2 Å². The Morgan fingerprint density at radius 2 is 0.844 bits per heavy atom. The molecule has 0 spiro atoms. The normalized spacial score (nSPS) is 19.5. The van der Waals surface area contributed by atoms with Gasteiger partial charge < -0.3 is 24.1 Å². The van der Waals surface area contributed by atoms with Crippen molar-refractivity contribution < 1.29 is 24.1 Å². The standard InChI is InChI=1S/C39H39O5P/c1-41-31-20-12-21-32(42-2)37(31)29-18-11-19-30(38-33(43-3)22-13-23-34(38)44-4)39(29)45-35(26-14-7-5-8-15-26)24-28(40)25-36(45)27-16-9-6-10-17-27/h5-23,28,35-36,40H,24-25H2,1-4H3. The van der Waals surface area contributed by atoms with Crippen molar-refractivity contribution in [3.8, 4) is 45.3 Å². The fourth-order valence-electron chi connectivity index (χ4n) is 6.77. The van der Waals surface area contributed by atoms with E-state index in [0.717, 1.165) is 45.3 Å². The second-order valence-corrected chi connectivity index (χ2v) is 13.7. The van der Waals surface area contributed by atoms with Gasteiger partial charge in [0.1, 0.15) is 23.0 Å². The van der Waals surface area contributed by atoms with Crippen LogP contribution in [0.2, 0.25) is 0 Å². The van der Waals surface area contributed by atoms with Crippen LogP contribution in [0.25, 0.3) is 22.3 Å². The van der Waals surface area contributed by atoms with E-state index in [1.807, 2.05) is 36.4 Å². The molecule has 0 aliphatic carbocycles. The predicted molar refractivity (Wildman–Crippen MR) is 184 cm³/mol. The molecular formula is C39H39O5P. The van der Waals surface area contributed by atoms with Crippen LogP contribution in [-0.4, -0.2) is 39.6 Å². The lowest BCUT2D eigenvalue weighted by Gasteiger charge is -2.43. The molecule has 0 radical (unpaired) electrons. The van der Waals surface area contributed by atoms with Gasteiger partial charge in [0.25, 0.3) is 0 Å². The second kappa shape index (κ2) is 13.8. The summed E-state index contributed by atoms with van der Waals surface area (Å²) in [5, 5.41) is 12.7. The van der Waals surface area contributed by atoms with Crippen molar-refractivity contribution in [2.45, 2.75) is 30.3 Å². The number of aliphatic hydroxyl groups is 1. The highest BCUT2D eigenvalue weighted by Gasteiger charge is 2.42. The van der Waals surface area contributed by atoms with Gasteiger partial charge >= 0.3 is 0 Å².